The van der Waals surface area contributed by atoms with Crippen LogP contribution in [0.3, 0.4) is 0 Å². The lowest BCUT2D eigenvalue weighted by Crippen LogP contribution is -2.41. The first-order valence-corrected chi connectivity index (χ1v) is 8.27. The Kier molecular flexibility index (Phi) is 4.44. The SMILES string of the molecule is C=CCC1(C(=O)Nc2cccc(-n3ncc(C(=O)O)c3C)c2)CCC1. The fourth-order valence-corrected chi connectivity index (χ4v) is 3.26. The molecular weight excluding hydrogens is 318 g/mol. The predicted octanol–water partition coefficient (Wildman–Crippen LogP) is 3.56. The van der Waals surface area contributed by atoms with E-state index in [9.17, 15) is 9.59 Å². The third-order valence-electron chi connectivity index (χ3n) is 4.92. The summed E-state index contributed by atoms with van der Waals surface area (Å²) in [6.45, 7) is 5.46. The molecule has 0 saturated heterocycles. The van der Waals surface area contributed by atoms with Crippen molar-refractivity contribution < 1.29 is 14.7 Å². The van der Waals surface area contributed by atoms with E-state index in [1.807, 2.05) is 18.2 Å². The minimum absolute atomic E-state index is 0.0132. The third kappa shape index (κ3) is 3.07. The number of benzene rings is 1. The maximum absolute atomic E-state index is 12.7. The van der Waals surface area contributed by atoms with Gasteiger partial charge >= 0.3 is 5.97 Å². The van der Waals surface area contributed by atoms with Gasteiger partial charge in [-0.15, -0.1) is 6.58 Å². The second-order valence-corrected chi connectivity index (χ2v) is 6.49. The van der Waals surface area contributed by atoms with Gasteiger partial charge in [-0.1, -0.05) is 18.6 Å². The first kappa shape index (κ1) is 17.0. The fourth-order valence-electron chi connectivity index (χ4n) is 3.26. The van der Waals surface area contributed by atoms with Gasteiger partial charge in [-0.3, -0.25) is 4.79 Å². The van der Waals surface area contributed by atoms with Crippen molar-refractivity contribution in [3.05, 3.63) is 54.4 Å². The van der Waals surface area contributed by atoms with Crippen LogP contribution in [0.1, 0.15) is 41.7 Å². The van der Waals surface area contributed by atoms with E-state index in [2.05, 4.69) is 17.0 Å². The highest BCUT2D eigenvalue weighted by Crippen LogP contribution is 2.45. The van der Waals surface area contributed by atoms with Crippen molar-refractivity contribution in [2.75, 3.05) is 5.32 Å². The summed E-state index contributed by atoms with van der Waals surface area (Å²) in [5.74, 6) is -0.997. The van der Waals surface area contributed by atoms with E-state index in [4.69, 9.17) is 5.11 Å². The van der Waals surface area contributed by atoms with E-state index in [0.717, 1.165) is 19.3 Å². The van der Waals surface area contributed by atoms with E-state index >= 15 is 0 Å². The van der Waals surface area contributed by atoms with Crippen LogP contribution in [0.2, 0.25) is 0 Å². The van der Waals surface area contributed by atoms with Crippen LogP contribution >= 0.6 is 0 Å². The van der Waals surface area contributed by atoms with E-state index in [1.54, 1.807) is 23.7 Å². The van der Waals surface area contributed by atoms with Crippen LogP contribution < -0.4 is 5.32 Å². The van der Waals surface area contributed by atoms with Crippen molar-refractivity contribution in [1.29, 1.82) is 0 Å². The zero-order valence-corrected chi connectivity index (χ0v) is 14.2. The summed E-state index contributed by atoms with van der Waals surface area (Å²) in [5.41, 5.74) is 1.74. The molecule has 1 aromatic heterocycles. The highest BCUT2D eigenvalue weighted by atomic mass is 16.4. The van der Waals surface area contributed by atoms with Gasteiger partial charge < -0.3 is 10.4 Å². The number of nitrogens with zero attached hydrogens (tertiary/aromatic N) is 2. The summed E-state index contributed by atoms with van der Waals surface area (Å²) in [6.07, 6.45) is 6.63. The molecule has 0 spiro atoms. The van der Waals surface area contributed by atoms with Gasteiger partial charge in [0.05, 0.1) is 23.0 Å². The largest absolute Gasteiger partial charge is 0.478 e. The molecule has 0 radical (unpaired) electrons. The van der Waals surface area contributed by atoms with Crippen molar-refractivity contribution in [1.82, 2.24) is 9.78 Å². The van der Waals surface area contributed by atoms with Crippen molar-refractivity contribution >= 4 is 17.6 Å². The van der Waals surface area contributed by atoms with E-state index in [1.165, 1.54) is 6.20 Å². The number of hydrogen-bond acceptors (Lipinski definition) is 3. The Bertz CT molecular complexity index is 834. The molecule has 1 fully saturated rings. The molecule has 0 atom stereocenters. The monoisotopic (exact) mass is 339 g/mol. The van der Waals surface area contributed by atoms with Gasteiger partial charge in [0.15, 0.2) is 0 Å². The Morgan fingerprint density at radius 3 is 2.76 bits per heavy atom. The number of allylic oxidation sites excluding steroid dienone is 1. The van der Waals surface area contributed by atoms with Gasteiger partial charge in [0.1, 0.15) is 5.56 Å². The molecule has 25 heavy (non-hydrogen) atoms. The Hall–Kier alpha value is -2.89. The summed E-state index contributed by atoms with van der Waals surface area (Å²) in [4.78, 5) is 23.8. The minimum atomic E-state index is -1.01. The molecule has 1 aliphatic carbocycles. The number of carboxylic acid groups (broad SMARTS) is 1. The number of rotatable bonds is 6. The predicted molar refractivity (Wildman–Crippen MR) is 95.0 cm³/mol. The molecule has 1 aliphatic rings. The fraction of sp³-hybridized carbons (Fsp3) is 0.316. The van der Waals surface area contributed by atoms with Gasteiger partial charge in [0.25, 0.3) is 0 Å². The highest BCUT2D eigenvalue weighted by molar-refractivity contribution is 5.96. The minimum Gasteiger partial charge on any atom is -0.478 e. The van der Waals surface area contributed by atoms with E-state index in [-0.39, 0.29) is 16.9 Å². The van der Waals surface area contributed by atoms with Crippen molar-refractivity contribution in [2.45, 2.75) is 32.6 Å². The zero-order valence-electron chi connectivity index (χ0n) is 14.2. The molecule has 1 aromatic carbocycles. The number of nitrogens with one attached hydrogen (secondary N) is 1. The van der Waals surface area contributed by atoms with Crippen LogP contribution in [0, 0.1) is 12.3 Å². The molecule has 130 valence electrons. The third-order valence-corrected chi connectivity index (χ3v) is 4.92. The molecule has 0 unspecified atom stereocenters. The first-order valence-electron chi connectivity index (χ1n) is 8.27. The van der Waals surface area contributed by atoms with Gasteiger partial charge in [0, 0.05) is 5.69 Å². The normalized spacial score (nSPS) is 15.2. The molecule has 6 heteroatoms. The highest BCUT2D eigenvalue weighted by Gasteiger charge is 2.42. The zero-order chi connectivity index (χ0) is 18.0. The molecule has 0 aliphatic heterocycles. The molecule has 1 amide bonds. The van der Waals surface area contributed by atoms with Gasteiger partial charge in [-0.05, 0) is 44.4 Å². The van der Waals surface area contributed by atoms with Crippen molar-refractivity contribution in [3.63, 3.8) is 0 Å². The average Bonchev–Trinajstić information content (AvgIpc) is 2.92. The quantitative estimate of drug-likeness (QED) is 0.788. The Morgan fingerprint density at radius 1 is 1.44 bits per heavy atom. The smallest absolute Gasteiger partial charge is 0.339 e. The maximum atomic E-state index is 12.7. The molecule has 1 saturated carbocycles. The second kappa shape index (κ2) is 6.55. The summed E-state index contributed by atoms with van der Waals surface area (Å²) < 4.78 is 1.56. The first-order chi connectivity index (χ1) is 12.0. The molecule has 1 heterocycles. The number of aromatic nitrogens is 2. The van der Waals surface area contributed by atoms with Crippen LogP contribution in [-0.2, 0) is 4.79 Å². The Morgan fingerprint density at radius 2 is 2.20 bits per heavy atom. The summed E-state index contributed by atoms with van der Waals surface area (Å²) in [7, 11) is 0. The molecule has 0 bridgehead atoms. The van der Waals surface area contributed by atoms with Crippen LogP contribution in [0.15, 0.2) is 43.1 Å². The van der Waals surface area contributed by atoms with Crippen LogP contribution in [0.25, 0.3) is 5.69 Å². The topological polar surface area (TPSA) is 84.2 Å². The van der Waals surface area contributed by atoms with Crippen LogP contribution in [-0.4, -0.2) is 26.8 Å². The molecule has 2 aromatic rings. The standard InChI is InChI=1S/C19H21N3O3/c1-3-8-19(9-5-10-19)18(25)21-14-6-4-7-15(11-14)22-13(2)16(12-20-22)17(23)24/h3-4,6-7,11-12H,1,5,8-10H2,2H3,(H,21,25)(H,23,24). The van der Waals surface area contributed by atoms with Crippen molar-refractivity contribution in [2.24, 2.45) is 5.41 Å². The molecule has 3 rings (SSSR count). The van der Waals surface area contributed by atoms with Crippen LogP contribution in [0.4, 0.5) is 5.69 Å². The number of anilines is 1. The summed E-state index contributed by atoms with van der Waals surface area (Å²) >= 11 is 0. The number of amides is 1. The molecule has 6 nitrogen and oxygen atoms in total. The molecule has 2 N–H and O–H groups in total. The van der Waals surface area contributed by atoms with Gasteiger partial charge in [-0.2, -0.15) is 5.10 Å². The summed E-state index contributed by atoms with van der Waals surface area (Å²) in [6, 6.07) is 7.25. The number of aromatic carboxylic acids is 1. The van der Waals surface area contributed by atoms with Crippen LogP contribution in [0.5, 0.6) is 0 Å². The molecular formula is C19H21N3O3. The van der Waals surface area contributed by atoms with Gasteiger partial charge in [-0.25, -0.2) is 9.48 Å². The number of carboxylic acids is 1. The lowest BCUT2D eigenvalue weighted by Gasteiger charge is -2.39. The lowest BCUT2D eigenvalue weighted by atomic mass is 9.66. The second-order valence-electron chi connectivity index (χ2n) is 6.49. The Balaban J connectivity index is 1.84. The average molecular weight is 339 g/mol. The maximum Gasteiger partial charge on any atom is 0.339 e. The number of carbonyl (C=O) groups excluding carboxylic acids is 1. The van der Waals surface area contributed by atoms with E-state index in [0.29, 0.717) is 23.5 Å². The number of carbonyl (C=O) groups is 2. The lowest BCUT2D eigenvalue weighted by molar-refractivity contribution is -0.130. The van der Waals surface area contributed by atoms with Gasteiger partial charge in [0.2, 0.25) is 5.91 Å². The number of hydrogen-bond donors (Lipinski definition) is 2. The van der Waals surface area contributed by atoms with E-state index < -0.39 is 5.97 Å². The van der Waals surface area contributed by atoms with Crippen molar-refractivity contribution in [3.8, 4) is 5.69 Å². The summed E-state index contributed by atoms with van der Waals surface area (Å²) in [5, 5.41) is 16.3. The Labute approximate surface area is 146 Å².